The Morgan fingerprint density at radius 2 is 2.00 bits per heavy atom. The van der Waals surface area contributed by atoms with E-state index < -0.39 is 0 Å². The summed E-state index contributed by atoms with van der Waals surface area (Å²) < 4.78 is 11.2. The van der Waals surface area contributed by atoms with Crippen LogP contribution in [0, 0.1) is 5.92 Å². The van der Waals surface area contributed by atoms with Gasteiger partial charge < -0.3 is 14.5 Å². The van der Waals surface area contributed by atoms with Gasteiger partial charge in [0.05, 0.1) is 19.7 Å². The average Bonchev–Trinajstić information content (AvgIpc) is 3.21. The van der Waals surface area contributed by atoms with Gasteiger partial charge in [0.25, 0.3) is 0 Å². The van der Waals surface area contributed by atoms with Gasteiger partial charge in [0.1, 0.15) is 11.5 Å². The maximum atomic E-state index is 5.95. The topological polar surface area (TPSA) is 37.6 Å². The van der Waals surface area contributed by atoms with Crippen molar-refractivity contribution in [1.82, 2.24) is 10.2 Å². The summed E-state index contributed by atoms with van der Waals surface area (Å²) in [4.78, 5) is 2.49. The van der Waals surface area contributed by atoms with Gasteiger partial charge in [0, 0.05) is 25.7 Å². The van der Waals surface area contributed by atoms with Crippen LogP contribution in [0.5, 0.6) is 0 Å². The Balaban J connectivity index is 1.89. The second-order valence-electron chi connectivity index (χ2n) is 6.44. The highest BCUT2D eigenvalue weighted by Gasteiger charge is 2.32. The van der Waals surface area contributed by atoms with Gasteiger partial charge >= 0.3 is 0 Å². The molecule has 4 nitrogen and oxygen atoms in total. The van der Waals surface area contributed by atoms with Crippen molar-refractivity contribution in [2.75, 3.05) is 20.3 Å². The van der Waals surface area contributed by atoms with Crippen molar-refractivity contribution < 1.29 is 9.15 Å². The van der Waals surface area contributed by atoms with Crippen LogP contribution in [0.1, 0.15) is 45.1 Å². The number of hydrogen-bond donors (Lipinski definition) is 1. The smallest absolute Gasteiger partial charge is 0.118 e. The molecule has 0 radical (unpaired) electrons. The predicted octanol–water partition coefficient (Wildman–Crippen LogP) is 3.02. The van der Waals surface area contributed by atoms with Crippen LogP contribution >= 0.6 is 0 Å². The molecule has 1 unspecified atom stereocenters. The Kier molecular flexibility index (Phi) is 6.27. The van der Waals surface area contributed by atoms with Crippen LogP contribution in [0.4, 0.5) is 0 Å². The molecule has 1 atom stereocenters. The zero-order chi connectivity index (χ0) is 15.2. The summed E-state index contributed by atoms with van der Waals surface area (Å²) in [6, 6.07) is 5.28. The lowest BCUT2D eigenvalue weighted by Crippen LogP contribution is -2.36. The normalized spacial score (nSPS) is 16.9. The molecule has 1 aromatic heterocycles. The predicted molar refractivity (Wildman–Crippen MR) is 85.2 cm³/mol. The molecule has 1 saturated carbocycles. The van der Waals surface area contributed by atoms with Gasteiger partial charge in [-0.25, -0.2) is 0 Å². The van der Waals surface area contributed by atoms with Crippen LogP contribution in [0.15, 0.2) is 16.5 Å². The molecule has 0 aliphatic heterocycles. The summed E-state index contributed by atoms with van der Waals surface area (Å²) in [5, 5.41) is 3.39. The second kappa shape index (κ2) is 7.97. The first kappa shape index (κ1) is 16.5. The zero-order valence-corrected chi connectivity index (χ0v) is 13.9. The summed E-state index contributed by atoms with van der Waals surface area (Å²) >= 11 is 0. The third kappa shape index (κ3) is 5.46. The summed E-state index contributed by atoms with van der Waals surface area (Å²) in [5.74, 6) is 2.93. The fraction of sp³-hybridized carbons (Fsp3) is 0.765. The molecular weight excluding hydrogens is 264 g/mol. The van der Waals surface area contributed by atoms with E-state index in [0.29, 0.717) is 12.1 Å². The summed E-state index contributed by atoms with van der Waals surface area (Å²) in [6.45, 7) is 10.0. The minimum atomic E-state index is 0.478. The van der Waals surface area contributed by atoms with Crippen LogP contribution in [-0.4, -0.2) is 37.2 Å². The van der Waals surface area contributed by atoms with Crippen molar-refractivity contribution in [3.8, 4) is 0 Å². The summed E-state index contributed by atoms with van der Waals surface area (Å²) in [5.41, 5.74) is 0. The minimum absolute atomic E-state index is 0.478. The van der Waals surface area contributed by atoms with E-state index >= 15 is 0 Å². The van der Waals surface area contributed by atoms with Gasteiger partial charge in [0.2, 0.25) is 0 Å². The van der Waals surface area contributed by atoms with Crippen molar-refractivity contribution in [2.45, 2.75) is 58.8 Å². The van der Waals surface area contributed by atoms with Crippen LogP contribution in [0.25, 0.3) is 0 Å². The summed E-state index contributed by atoms with van der Waals surface area (Å²) in [6.07, 6.45) is 2.73. The SMILES string of the molecule is COCCN(Cc1ccc(CNC(C)C)o1)C(C)C1CC1. The van der Waals surface area contributed by atoms with Crippen molar-refractivity contribution in [1.29, 1.82) is 0 Å². The lowest BCUT2D eigenvalue weighted by molar-refractivity contribution is 0.105. The molecule has 120 valence electrons. The molecule has 1 aliphatic carbocycles. The van der Waals surface area contributed by atoms with Crippen molar-refractivity contribution in [3.63, 3.8) is 0 Å². The van der Waals surface area contributed by atoms with E-state index in [2.05, 4.69) is 43.1 Å². The van der Waals surface area contributed by atoms with Crippen molar-refractivity contribution in [2.24, 2.45) is 5.92 Å². The van der Waals surface area contributed by atoms with Gasteiger partial charge in [-0.2, -0.15) is 0 Å². The van der Waals surface area contributed by atoms with Gasteiger partial charge in [-0.3, -0.25) is 4.90 Å². The van der Waals surface area contributed by atoms with E-state index in [0.717, 1.165) is 43.7 Å². The highest BCUT2D eigenvalue weighted by molar-refractivity contribution is 5.07. The largest absolute Gasteiger partial charge is 0.463 e. The average molecular weight is 294 g/mol. The quantitative estimate of drug-likeness (QED) is 0.720. The first-order chi connectivity index (χ1) is 10.1. The minimum Gasteiger partial charge on any atom is -0.463 e. The lowest BCUT2D eigenvalue weighted by atomic mass is 10.2. The van der Waals surface area contributed by atoms with E-state index in [-0.39, 0.29) is 0 Å². The standard InChI is InChI=1S/C17H30N2O2/c1-13(2)18-11-16-7-8-17(21-16)12-19(9-10-20-4)14(3)15-5-6-15/h7-8,13-15,18H,5-6,9-12H2,1-4H3. The third-order valence-electron chi connectivity index (χ3n) is 4.22. The fourth-order valence-electron chi connectivity index (χ4n) is 2.62. The van der Waals surface area contributed by atoms with Gasteiger partial charge in [0.15, 0.2) is 0 Å². The highest BCUT2D eigenvalue weighted by Crippen LogP contribution is 2.35. The number of ether oxygens (including phenoxy) is 1. The fourth-order valence-corrected chi connectivity index (χ4v) is 2.62. The number of nitrogens with one attached hydrogen (secondary N) is 1. The molecule has 1 fully saturated rings. The molecule has 0 bridgehead atoms. The van der Waals surface area contributed by atoms with E-state index in [1.807, 2.05) is 0 Å². The molecule has 4 heteroatoms. The van der Waals surface area contributed by atoms with Gasteiger partial charge in [-0.1, -0.05) is 13.8 Å². The summed E-state index contributed by atoms with van der Waals surface area (Å²) in [7, 11) is 1.77. The second-order valence-corrected chi connectivity index (χ2v) is 6.44. The molecule has 1 N–H and O–H groups in total. The molecule has 21 heavy (non-hydrogen) atoms. The van der Waals surface area contributed by atoms with Gasteiger partial charge in [-0.05, 0) is 37.8 Å². The lowest BCUT2D eigenvalue weighted by Gasteiger charge is -2.28. The zero-order valence-electron chi connectivity index (χ0n) is 13.9. The first-order valence-electron chi connectivity index (χ1n) is 8.14. The first-order valence-corrected chi connectivity index (χ1v) is 8.14. The molecule has 0 spiro atoms. The monoisotopic (exact) mass is 294 g/mol. The number of nitrogens with zero attached hydrogens (tertiary/aromatic N) is 1. The number of furan rings is 1. The molecule has 2 rings (SSSR count). The number of methoxy groups -OCH3 is 1. The van der Waals surface area contributed by atoms with Crippen molar-refractivity contribution in [3.05, 3.63) is 23.7 Å². The van der Waals surface area contributed by atoms with E-state index in [4.69, 9.17) is 9.15 Å². The third-order valence-corrected chi connectivity index (χ3v) is 4.22. The Bertz CT molecular complexity index is 413. The number of rotatable bonds is 10. The maximum absolute atomic E-state index is 5.95. The molecule has 1 heterocycles. The van der Waals surface area contributed by atoms with E-state index in [1.165, 1.54) is 12.8 Å². The molecule has 0 aromatic carbocycles. The Hall–Kier alpha value is -0.840. The molecule has 0 saturated heterocycles. The van der Waals surface area contributed by atoms with Crippen LogP contribution < -0.4 is 5.32 Å². The Morgan fingerprint density at radius 3 is 2.62 bits per heavy atom. The highest BCUT2D eigenvalue weighted by atomic mass is 16.5. The van der Waals surface area contributed by atoms with Crippen molar-refractivity contribution >= 4 is 0 Å². The Labute approximate surface area is 128 Å². The van der Waals surface area contributed by atoms with Crippen LogP contribution in [-0.2, 0) is 17.8 Å². The van der Waals surface area contributed by atoms with Gasteiger partial charge in [-0.15, -0.1) is 0 Å². The Morgan fingerprint density at radius 1 is 1.29 bits per heavy atom. The van der Waals surface area contributed by atoms with E-state index in [9.17, 15) is 0 Å². The van der Waals surface area contributed by atoms with Crippen LogP contribution in [0.2, 0.25) is 0 Å². The molecule has 1 aromatic rings. The van der Waals surface area contributed by atoms with E-state index in [1.54, 1.807) is 7.11 Å². The van der Waals surface area contributed by atoms with Crippen LogP contribution in [0.3, 0.4) is 0 Å². The molecular formula is C17H30N2O2. The number of hydrogen-bond acceptors (Lipinski definition) is 4. The molecule has 0 amide bonds. The maximum Gasteiger partial charge on any atom is 0.118 e. The molecule has 1 aliphatic rings.